The highest BCUT2D eigenvalue weighted by molar-refractivity contribution is 6.02. The van der Waals surface area contributed by atoms with E-state index in [1.165, 1.54) is 5.69 Å². The molecule has 0 saturated carbocycles. The third-order valence-electron chi connectivity index (χ3n) is 6.53. The predicted molar refractivity (Wildman–Crippen MR) is 147 cm³/mol. The lowest BCUT2D eigenvalue weighted by Gasteiger charge is -2.34. The van der Waals surface area contributed by atoms with Crippen molar-refractivity contribution in [2.75, 3.05) is 67.8 Å². The fraction of sp³-hybridized carbons (Fsp3) is 0.346. The maximum atomic E-state index is 12.0. The molecule has 4 N–H and O–H groups in total. The Kier molecular flexibility index (Phi) is 7.87. The van der Waals surface area contributed by atoms with Gasteiger partial charge in [-0.2, -0.15) is 15.0 Å². The summed E-state index contributed by atoms with van der Waals surface area (Å²) in [6.07, 6.45) is 0. The summed E-state index contributed by atoms with van der Waals surface area (Å²) in [7, 11) is 3.77. The van der Waals surface area contributed by atoms with E-state index in [0.717, 1.165) is 48.1 Å². The lowest BCUT2D eigenvalue weighted by atomic mass is 10.2. The highest BCUT2D eigenvalue weighted by Gasteiger charge is 2.27. The van der Waals surface area contributed by atoms with Crippen LogP contribution in [0.15, 0.2) is 48.5 Å². The van der Waals surface area contributed by atoms with Crippen LogP contribution in [0.3, 0.4) is 0 Å². The molecule has 3 heterocycles. The molecule has 0 spiro atoms. The van der Waals surface area contributed by atoms with Crippen molar-refractivity contribution >= 4 is 35.5 Å². The zero-order valence-corrected chi connectivity index (χ0v) is 22.0. The second-order valence-corrected chi connectivity index (χ2v) is 9.37. The summed E-state index contributed by atoms with van der Waals surface area (Å²) in [5, 5.41) is 9.76. The number of urea groups is 1. The molecule has 13 nitrogen and oxygen atoms in total. The summed E-state index contributed by atoms with van der Waals surface area (Å²) in [6.45, 7) is 4.96. The van der Waals surface area contributed by atoms with E-state index in [1.54, 1.807) is 7.11 Å². The van der Waals surface area contributed by atoms with E-state index < -0.39 is 11.9 Å². The van der Waals surface area contributed by atoms with Crippen molar-refractivity contribution in [2.45, 2.75) is 13.1 Å². The van der Waals surface area contributed by atoms with Gasteiger partial charge >= 0.3 is 6.03 Å². The maximum Gasteiger partial charge on any atom is 0.343 e. The highest BCUT2D eigenvalue weighted by Crippen LogP contribution is 2.19. The monoisotopic (exact) mass is 532 g/mol. The highest BCUT2D eigenvalue weighted by atomic mass is 16.5. The molecule has 13 heteroatoms. The molecule has 0 bridgehead atoms. The fourth-order valence-corrected chi connectivity index (χ4v) is 4.23. The summed E-state index contributed by atoms with van der Waals surface area (Å²) >= 11 is 0. The molecular formula is C26H32N10O3. The Labute approximate surface area is 226 Å². The molecular weight excluding hydrogens is 500 g/mol. The summed E-state index contributed by atoms with van der Waals surface area (Å²) in [5.41, 5.74) is 6.08. The number of hydrogen-bond donors (Lipinski definition) is 4. The maximum absolute atomic E-state index is 12.0. The minimum absolute atomic E-state index is 0.125. The van der Waals surface area contributed by atoms with Gasteiger partial charge in [0.2, 0.25) is 23.8 Å². The van der Waals surface area contributed by atoms with Crippen LogP contribution >= 0.6 is 0 Å². The van der Waals surface area contributed by atoms with Gasteiger partial charge in [-0.1, -0.05) is 24.3 Å². The Bertz CT molecular complexity index is 1290. The number of hydrogen-bond acceptors (Lipinski definition) is 11. The van der Waals surface area contributed by atoms with Gasteiger partial charge in [-0.25, -0.2) is 9.80 Å². The number of likely N-dealkylation sites (N-methyl/N-ethyl adjacent to an activating group) is 1. The van der Waals surface area contributed by atoms with Crippen molar-refractivity contribution in [2.24, 2.45) is 0 Å². The summed E-state index contributed by atoms with van der Waals surface area (Å²) in [6, 6.07) is 15.5. The number of anilines is 4. The van der Waals surface area contributed by atoms with Crippen molar-refractivity contribution in [3.63, 3.8) is 0 Å². The average Bonchev–Trinajstić information content (AvgIpc) is 3.27. The van der Waals surface area contributed by atoms with E-state index in [0.29, 0.717) is 25.0 Å². The lowest BCUT2D eigenvalue weighted by Crippen LogP contribution is -2.44. The van der Waals surface area contributed by atoms with Crippen LogP contribution in [0.2, 0.25) is 0 Å². The van der Waals surface area contributed by atoms with Gasteiger partial charge in [-0.15, -0.1) is 0 Å². The Morgan fingerprint density at radius 3 is 1.92 bits per heavy atom. The van der Waals surface area contributed by atoms with E-state index in [1.807, 2.05) is 24.3 Å². The normalized spacial score (nSPS) is 15.7. The number of benzene rings is 2. The van der Waals surface area contributed by atoms with E-state index in [9.17, 15) is 9.59 Å². The number of amides is 3. The Morgan fingerprint density at radius 1 is 0.821 bits per heavy atom. The van der Waals surface area contributed by atoms with Crippen LogP contribution in [0, 0.1) is 0 Å². The van der Waals surface area contributed by atoms with E-state index in [-0.39, 0.29) is 12.5 Å². The first kappa shape index (κ1) is 26.0. The van der Waals surface area contributed by atoms with Gasteiger partial charge in [0.1, 0.15) is 12.3 Å². The number of hydrazine groups is 1. The molecule has 2 saturated heterocycles. The van der Waals surface area contributed by atoms with Crippen LogP contribution in [-0.2, 0) is 17.9 Å². The number of carbonyl (C=O) groups is 2. The van der Waals surface area contributed by atoms with E-state index >= 15 is 0 Å². The first-order chi connectivity index (χ1) is 18.9. The topological polar surface area (TPSA) is 140 Å². The van der Waals surface area contributed by atoms with Gasteiger partial charge in [-0.3, -0.25) is 15.5 Å². The molecule has 5 rings (SSSR count). The number of aromatic nitrogens is 3. The van der Waals surface area contributed by atoms with Crippen LogP contribution < -0.4 is 31.0 Å². The van der Waals surface area contributed by atoms with E-state index in [4.69, 9.17) is 4.74 Å². The zero-order valence-electron chi connectivity index (χ0n) is 22.0. The molecule has 0 unspecified atom stereocenters. The number of methoxy groups -OCH3 is 1. The fourth-order valence-electron chi connectivity index (χ4n) is 4.23. The number of imide groups is 1. The number of piperazine rings is 1. The third kappa shape index (κ3) is 6.82. The van der Waals surface area contributed by atoms with Gasteiger partial charge in [-0.05, 0) is 42.4 Å². The van der Waals surface area contributed by atoms with Gasteiger partial charge in [0.05, 0.1) is 7.11 Å². The number of carbonyl (C=O) groups excluding carboxylic acids is 2. The molecule has 2 aromatic carbocycles. The van der Waals surface area contributed by atoms with Crippen molar-refractivity contribution < 1.29 is 14.3 Å². The molecule has 1 aromatic heterocycles. The van der Waals surface area contributed by atoms with Crippen LogP contribution in [0.25, 0.3) is 0 Å². The molecule has 2 aliphatic heterocycles. The third-order valence-corrected chi connectivity index (χ3v) is 6.53. The molecule has 39 heavy (non-hydrogen) atoms. The number of nitrogens with one attached hydrogen (secondary N) is 4. The molecule has 204 valence electrons. The van der Waals surface area contributed by atoms with Gasteiger partial charge < -0.3 is 25.2 Å². The number of ether oxygens (including phenoxy) is 1. The van der Waals surface area contributed by atoms with Gasteiger partial charge in [0, 0.05) is 45.0 Å². The molecule has 2 fully saturated rings. The molecule has 3 amide bonds. The summed E-state index contributed by atoms with van der Waals surface area (Å²) < 4.78 is 5.21. The van der Waals surface area contributed by atoms with Crippen LogP contribution in [0.5, 0.6) is 5.75 Å². The first-order valence-corrected chi connectivity index (χ1v) is 12.7. The quantitative estimate of drug-likeness (QED) is 0.284. The van der Waals surface area contributed by atoms with Crippen molar-refractivity contribution in [1.82, 2.24) is 30.2 Å². The first-order valence-electron chi connectivity index (χ1n) is 12.7. The second kappa shape index (κ2) is 11.8. The Balaban J connectivity index is 1.26. The zero-order chi connectivity index (χ0) is 27.2. The van der Waals surface area contributed by atoms with Crippen molar-refractivity contribution in [3.8, 4) is 5.75 Å². The molecule has 0 aliphatic carbocycles. The molecule has 2 aliphatic rings. The number of rotatable bonds is 10. The SMILES string of the molecule is COc1ccc(CNc2nc(NCc3ccc(N4CCN(C)CC4)cc3)nc(NN3CC(=O)NC3=O)n2)cc1. The summed E-state index contributed by atoms with van der Waals surface area (Å²) in [5.74, 6) is 1.12. The van der Waals surface area contributed by atoms with E-state index in [2.05, 4.69) is 77.4 Å². The Hall–Kier alpha value is -4.65. The smallest absolute Gasteiger partial charge is 0.343 e. The van der Waals surface area contributed by atoms with Gasteiger partial charge in [0.15, 0.2) is 0 Å². The minimum atomic E-state index is -0.567. The molecule has 0 radical (unpaired) electrons. The van der Waals surface area contributed by atoms with Crippen LogP contribution in [-0.4, -0.2) is 83.7 Å². The Morgan fingerprint density at radius 2 is 1.38 bits per heavy atom. The lowest BCUT2D eigenvalue weighted by molar-refractivity contribution is -0.118. The van der Waals surface area contributed by atoms with Crippen LogP contribution in [0.4, 0.5) is 28.3 Å². The second-order valence-electron chi connectivity index (χ2n) is 9.37. The largest absolute Gasteiger partial charge is 0.497 e. The number of nitrogens with zero attached hydrogens (tertiary/aromatic N) is 6. The van der Waals surface area contributed by atoms with Crippen molar-refractivity contribution in [1.29, 1.82) is 0 Å². The van der Waals surface area contributed by atoms with Crippen LogP contribution in [0.1, 0.15) is 11.1 Å². The minimum Gasteiger partial charge on any atom is -0.497 e. The average molecular weight is 533 g/mol. The molecule has 3 aromatic rings. The standard InChI is InChI=1S/C26H32N10O3/c1-34-11-13-35(14-12-34)20-7-3-18(4-8-20)15-27-23-30-24(28-16-19-5-9-21(39-2)10-6-19)32-25(31-23)33-36-17-22(37)29-26(36)38/h3-10H,11-17H2,1-2H3,(H,29,37,38)(H3,27,28,30,31,32,33). The summed E-state index contributed by atoms with van der Waals surface area (Å²) in [4.78, 5) is 41.6. The predicted octanol–water partition coefficient (Wildman–Crippen LogP) is 1.73. The van der Waals surface area contributed by atoms with Crippen molar-refractivity contribution in [3.05, 3.63) is 59.7 Å². The van der Waals surface area contributed by atoms with Gasteiger partial charge in [0.25, 0.3) is 0 Å². The molecule has 0 atom stereocenters.